The molecule has 0 radical (unpaired) electrons. The van der Waals surface area contributed by atoms with Crippen LogP contribution >= 0.6 is 0 Å². The molecule has 1 aliphatic heterocycles. The lowest BCUT2D eigenvalue weighted by molar-refractivity contribution is 0.0844. The molecule has 4 rings (SSSR count). The van der Waals surface area contributed by atoms with E-state index in [-0.39, 0.29) is 11.3 Å². The van der Waals surface area contributed by atoms with Crippen molar-refractivity contribution in [1.29, 1.82) is 0 Å². The summed E-state index contributed by atoms with van der Waals surface area (Å²) in [5.74, 6) is -1.06. The molecule has 2 amide bonds. The fourth-order valence-electron chi connectivity index (χ4n) is 3.36. The second kappa shape index (κ2) is 8.34. The van der Waals surface area contributed by atoms with Crippen molar-refractivity contribution in [3.05, 3.63) is 70.1 Å². The van der Waals surface area contributed by atoms with E-state index in [1.807, 2.05) is 12.1 Å². The summed E-state index contributed by atoms with van der Waals surface area (Å²) in [7, 11) is 1.47. The zero-order chi connectivity index (χ0) is 21.1. The minimum Gasteiger partial charge on any atom is -0.378 e. The molecule has 0 aliphatic carbocycles. The Morgan fingerprint density at radius 2 is 1.57 bits per heavy atom. The van der Waals surface area contributed by atoms with Gasteiger partial charge in [0.2, 0.25) is 0 Å². The van der Waals surface area contributed by atoms with Crippen LogP contribution in [0.25, 0.3) is 10.8 Å². The normalized spacial score (nSPS) is 13.8. The van der Waals surface area contributed by atoms with Gasteiger partial charge in [-0.3, -0.25) is 25.2 Å². The molecular formula is C21H21N5O4. The molecule has 0 unspecified atom stereocenters. The molecule has 9 nitrogen and oxygen atoms in total. The molecule has 1 aromatic heterocycles. The predicted octanol–water partition coefficient (Wildman–Crippen LogP) is 0.845. The first-order valence-corrected chi connectivity index (χ1v) is 9.54. The lowest BCUT2D eigenvalue weighted by Crippen LogP contribution is -2.42. The second-order valence-electron chi connectivity index (χ2n) is 6.88. The van der Waals surface area contributed by atoms with Gasteiger partial charge in [-0.25, -0.2) is 4.68 Å². The Balaban J connectivity index is 1.45. The molecule has 0 spiro atoms. The van der Waals surface area contributed by atoms with Crippen LogP contribution in [0.5, 0.6) is 0 Å². The number of benzene rings is 2. The molecular weight excluding hydrogens is 386 g/mol. The first-order valence-electron chi connectivity index (χ1n) is 9.54. The zero-order valence-electron chi connectivity index (χ0n) is 16.4. The Morgan fingerprint density at radius 3 is 2.27 bits per heavy atom. The molecule has 0 saturated carbocycles. The number of fused-ring (bicyclic) bond motifs is 1. The summed E-state index contributed by atoms with van der Waals surface area (Å²) >= 11 is 0. The van der Waals surface area contributed by atoms with E-state index in [1.165, 1.54) is 7.05 Å². The summed E-state index contributed by atoms with van der Waals surface area (Å²) in [5.41, 5.74) is 5.94. The first-order chi connectivity index (χ1) is 14.5. The standard InChI is InChI=1S/C21H21N5O4/c1-25-21(29)17-5-3-2-4-16(17)18(24-25)20(28)23-22-19(27)14-6-8-15(9-7-14)26-10-12-30-13-11-26/h2-9H,10-13H2,1H3,(H,22,27)(H,23,28). The van der Waals surface area contributed by atoms with Crippen molar-refractivity contribution in [3.63, 3.8) is 0 Å². The molecule has 0 bridgehead atoms. The number of carbonyl (C=O) groups excluding carboxylic acids is 2. The lowest BCUT2D eigenvalue weighted by atomic mass is 10.1. The molecule has 154 valence electrons. The minimum atomic E-state index is -0.611. The van der Waals surface area contributed by atoms with E-state index in [4.69, 9.17) is 4.74 Å². The van der Waals surface area contributed by atoms with Gasteiger partial charge in [0.1, 0.15) is 0 Å². The molecule has 1 saturated heterocycles. The van der Waals surface area contributed by atoms with Crippen molar-refractivity contribution < 1.29 is 14.3 Å². The minimum absolute atomic E-state index is 0.0515. The van der Waals surface area contributed by atoms with Crippen LogP contribution in [0.4, 0.5) is 5.69 Å². The number of nitrogens with zero attached hydrogens (tertiary/aromatic N) is 3. The summed E-state index contributed by atoms with van der Waals surface area (Å²) in [6.07, 6.45) is 0. The van der Waals surface area contributed by atoms with Gasteiger partial charge in [-0.15, -0.1) is 0 Å². The second-order valence-corrected chi connectivity index (χ2v) is 6.88. The van der Waals surface area contributed by atoms with E-state index in [9.17, 15) is 14.4 Å². The number of anilines is 1. The number of aryl methyl sites for hydroxylation is 1. The number of ether oxygens (including phenoxy) is 1. The maximum atomic E-state index is 12.6. The van der Waals surface area contributed by atoms with Gasteiger partial charge >= 0.3 is 0 Å². The fourth-order valence-corrected chi connectivity index (χ4v) is 3.36. The van der Waals surface area contributed by atoms with Crippen molar-refractivity contribution in [3.8, 4) is 0 Å². The monoisotopic (exact) mass is 407 g/mol. The number of aromatic nitrogens is 2. The van der Waals surface area contributed by atoms with Gasteiger partial charge in [0, 0.05) is 36.8 Å². The van der Waals surface area contributed by atoms with E-state index < -0.39 is 11.8 Å². The maximum Gasteiger partial charge on any atom is 0.290 e. The molecule has 2 heterocycles. The highest BCUT2D eigenvalue weighted by Gasteiger charge is 2.17. The number of nitrogens with one attached hydrogen (secondary N) is 2. The predicted molar refractivity (Wildman–Crippen MR) is 111 cm³/mol. The van der Waals surface area contributed by atoms with Crippen LogP contribution in [0.1, 0.15) is 20.8 Å². The van der Waals surface area contributed by atoms with Crippen molar-refractivity contribution in [2.24, 2.45) is 7.05 Å². The number of morpholine rings is 1. The number of hydrogen-bond donors (Lipinski definition) is 2. The van der Waals surface area contributed by atoms with Gasteiger partial charge in [-0.2, -0.15) is 5.10 Å². The van der Waals surface area contributed by atoms with Crippen molar-refractivity contribution >= 4 is 28.3 Å². The van der Waals surface area contributed by atoms with Crippen LogP contribution < -0.4 is 21.3 Å². The maximum absolute atomic E-state index is 12.6. The average Bonchev–Trinajstić information content (AvgIpc) is 2.80. The number of hydrazine groups is 1. The largest absolute Gasteiger partial charge is 0.378 e. The Kier molecular flexibility index (Phi) is 5.44. The summed E-state index contributed by atoms with van der Waals surface area (Å²) in [4.78, 5) is 39.4. The highest BCUT2D eigenvalue weighted by molar-refractivity contribution is 6.06. The van der Waals surface area contributed by atoms with Gasteiger partial charge in [0.05, 0.1) is 18.6 Å². The third-order valence-corrected chi connectivity index (χ3v) is 4.97. The first kappa shape index (κ1) is 19.6. The topological polar surface area (TPSA) is 106 Å². The summed E-state index contributed by atoms with van der Waals surface area (Å²) in [6, 6.07) is 13.8. The third kappa shape index (κ3) is 3.87. The van der Waals surface area contributed by atoms with Gasteiger partial charge in [-0.05, 0) is 30.3 Å². The van der Waals surface area contributed by atoms with E-state index in [1.54, 1.807) is 36.4 Å². The van der Waals surface area contributed by atoms with Gasteiger partial charge < -0.3 is 9.64 Å². The van der Waals surface area contributed by atoms with Crippen molar-refractivity contribution in [2.75, 3.05) is 31.2 Å². The van der Waals surface area contributed by atoms with Crippen LogP contribution in [0.3, 0.4) is 0 Å². The van der Waals surface area contributed by atoms with Crippen LogP contribution in [-0.4, -0.2) is 47.9 Å². The van der Waals surface area contributed by atoms with E-state index >= 15 is 0 Å². The molecule has 1 aliphatic rings. The smallest absolute Gasteiger partial charge is 0.290 e. The fraction of sp³-hybridized carbons (Fsp3) is 0.238. The van der Waals surface area contributed by atoms with E-state index in [2.05, 4.69) is 20.9 Å². The van der Waals surface area contributed by atoms with Crippen molar-refractivity contribution in [2.45, 2.75) is 0 Å². The van der Waals surface area contributed by atoms with E-state index in [0.717, 1.165) is 23.5 Å². The third-order valence-electron chi connectivity index (χ3n) is 4.97. The molecule has 2 aromatic carbocycles. The quantitative estimate of drug-likeness (QED) is 0.624. The summed E-state index contributed by atoms with van der Waals surface area (Å²) < 4.78 is 6.45. The molecule has 30 heavy (non-hydrogen) atoms. The highest BCUT2D eigenvalue weighted by Crippen LogP contribution is 2.17. The number of rotatable bonds is 3. The van der Waals surface area contributed by atoms with Crippen LogP contribution in [-0.2, 0) is 11.8 Å². The Bertz CT molecular complexity index is 1150. The molecule has 0 atom stereocenters. The molecule has 3 aromatic rings. The number of amides is 2. The Hall–Kier alpha value is -3.72. The van der Waals surface area contributed by atoms with E-state index in [0.29, 0.717) is 29.5 Å². The Morgan fingerprint density at radius 1 is 0.933 bits per heavy atom. The van der Waals surface area contributed by atoms with Gasteiger partial charge in [0.15, 0.2) is 5.69 Å². The number of hydrogen-bond acceptors (Lipinski definition) is 6. The summed E-state index contributed by atoms with van der Waals surface area (Å²) in [6.45, 7) is 2.98. The van der Waals surface area contributed by atoms with Crippen LogP contribution in [0, 0.1) is 0 Å². The van der Waals surface area contributed by atoms with Crippen molar-refractivity contribution in [1.82, 2.24) is 20.6 Å². The number of carbonyl (C=O) groups is 2. The molecule has 2 N–H and O–H groups in total. The highest BCUT2D eigenvalue weighted by atomic mass is 16.5. The van der Waals surface area contributed by atoms with Gasteiger partial charge in [0.25, 0.3) is 17.4 Å². The SMILES string of the molecule is Cn1nc(C(=O)NNC(=O)c2ccc(N3CCOCC3)cc2)c2ccccc2c1=O. The average molecular weight is 407 g/mol. The summed E-state index contributed by atoms with van der Waals surface area (Å²) in [5, 5.41) is 4.84. The molecule has 9 heteroatoms. The van der Waals surface area contributed by atoms with Gasteiger partial charge in [-0.1, -0.05) is 18.2 Å². The van der Waals surface area contributed by atoms with Crippen LogP contribution in [0.2, 0.25) is 0 Å². The molecule has 1 fully saturated rings. The van der Waals surface area contributed by atoms with Crippen LogP contribution in [0.15, 0.2) is 53.3 Å². The lowest BCUT2D eigenvalue weighted by Gasteiger charge is -2.28. The Labute approximate surface area is 172 Å². The zero-order valence-corrected chi connectivity index (χ0v) is 16.4.